The maximum Gasteiger partial charge on any atom is 0.226 e. The first-order valence-electron chi connectivity index (χ1n) is 7.18. The molecule has 126 valence electrons. The number of nitrogens with one attached hydrogen (secondary N) is 2. The average Bonchev–Trinajstić information content (AvgIpc) is 2.42. The van der Waals surface area contributed by atoms with E-state index in [2.05, 4.69) is 10.6 Å². The first-order chi connectivity index (χ1) is 9.95. The highest BCUT2D eigenvalue weighted by molar-refractivity contribution is 6.30. The molecule has 0 heterocycles. The van der Waals surface area contributed by atoms with Crippen molar-refractivity contribution in [1.29, 1.82) is 0 Å². The Morgan fingerprint density at radius 1 is 1.27 bits per heavy atom. The Morgan fingerprint density at radius 3 is 2.64 bits per heavy atom. The third-order valence-electron chi connectivity index (χ3n) is 3.22. The number of carbonyl (C=O) groups is 1. The summed E-state index contributed by atoms with van der Waals surface area (Å²) in [4.78, 5) is 12.2. The van der Waals surface area contributed by atoms with Gasteiger partial charge in [-0.05, 0) is 24.1 Å². The minimum absolute atomic E-state index is 0. The summed E-state index contributed by atoms with van der Waals surface area (Å²) in [5.41, 5.74) is 0.609. The molecule has 6 heteroatoms. The summed E-state index contributed by atoms with van der Waals surface area (Å²) in [6.45, 7) is 6.71. The highest BCUT2D eigenvalue weighted by Gasteiger charge is 2.27. The number of methoxy groups -OCH3 is 1. The zero-order valence-electron chi connectivity index (χ0n) is 13.4. The monoisotopic (exact) mass is 348 g/mol. The average molecular weight is 349 g/mol. The van der Waals surface area contributed by atoms with Crippen LogP contribution in [-0.2, 0) is 16.0 Å². The Morgan fingerprint density at radius 2 is 2.00 bits per heavy atom. The van der Waals surface area contributed by atoms with Gasteiger partial charge >= 0.3 is 0 Å². The summed E-state index contributed by atoms with van der Waals surface area (Å²) in [5, 5.41) is 6.85. The Kier molecular flexibility index (Phi) is 10.4. The largest absolute Gasteiger partial charge is 0.383 e. The van der Waals surface area contributed by atoms with Crippen LogP contribution in [0, 0.1) is 5.41 Å². The fraction of sp³-hybridized carbons (Fsp3) is 0.562. The van der Waals surface area contributed by atoms with Crippen molar-refractivity contribution in [2.75, 3.05) is 33.4 Å². The van der Waals surface area contributed by atoms with Crippen LogP contribution in [0.4, 0.5) is 0 Å². The summed E-state index contributed by atoms with van der Waals surface area (Å²) < 4.78 is 4.94. The molecule has 0 aliphatic heterocycles. The van der Waals surface area contributed by atoms with Crippen LogP contribution in [0.3, 0.4) is 0 Å². The molecule has 0 spiro atoms. The number of hydrogen-bond acceptors (Lipinski definition) is 3. The highest BCUT2D eigenvalue weighted by Crippen LogP contribution is 2.23. The van der Waals surface area contributed by atoms with Crippen molar-refractivity contribution in [2.24, 2.45) is 5.41 Å². The lowest BCUT2D eigenvalue weighted by Crippen LogP contribution is -2.41. The van der Waals surface area contributed by atoms with Gasteiger partial charge in [0.05, 0.1) is 6.61 Å². The third kappa shape index (κ3) is 7.99. The van der Waals surface area contributed by atoms with E-state index in [0.717, 1.165) is 18.7 Å². The van der Waals surface area contributed by atoms with Crippen LogP contribution < -0.4 is 10.6 Å². The first kappa shape index (κ1) is 21.2. The van der Waals surface area contributed by atoms with Crippen LogP contribution in [0.25, 0.3) is 0 Å². The van der Waals surface area contributed by atoms with Crippen LogP contribution >= 0.6 is 24.0 Å². The van der Waals surface area contributed by atoms with Crippen molar-refractivity contribution in [3.63, 3.8) is 0 Å². The Labute approximate surface area is 144 Å². The fourth-order valence-corrected chi connectivity index (χ4v) is 2.25. The molecular weight excluding hydrogens is 323 g/mol. The second-order valence-corrected chi connectivity index (χ2v) is 6.13. The zero-order chi connectivity index (χ0) is 15.7. The molecule has 0 aliphatic rings. The molecule has 4 nitrogen and oxygen atoms in total. The van der Waals surface area contributed by atoms with E-state index in [1.807, 2.05) is 38.1 Å². The molecule has 0 fully saturated rings. The molecule has 0 aliphatic carbocycles. The van der Waals surface area contributed by atoms with E-state index >= 15 is 0 Å². The lowest BCUT2D eigenvalue weighted by molar-refractivity contribution is -0.129. The lowest BCUT2D eigenvalue weighted by atomic mass is 9.85. The predicted molar refractivity (Wildman–Crippen MR) is 93.9 cm³/mol. The van der Waals surface area contributed by atoms with E-state index in [-0.39, 0.29) is 18.3 Å². The number of hydrogen-bond donors (Lipinski definition) is 2. The number of amides is 1. The molecule has 0 saturated heterocycles. The summed E-state index contributed by atoms with van der Waals surface area (Å²) in [6.07, 6.45) is 0.663. The molecule has 0 atom stereocenters. The maximum atomic E-state index is 12.2. The van der Waals surface area contributed by atoms with Gasteiger partial charge in [0.2, 0.25) is 5.91 Å². The zero-order valence-corrected chi connectivity index (χ0v) is 15.0. The molecule has 0 saturated carbocycles. The molecule has 1 aromatic rings. The van der Waals surface area contributed by atoms with Crippen molar-refractivity contribution in [2.45, 2.75) is 20.3 Å². The fourth-order valence-electron chi connectivity index (χ4n) is 2.04. The van der Waals surface area contributed by atoms with Crippen LogP contribution in [0.2, 0.25) is 5.02 Å². The number of carbonyl (C=O) groups excluding carboxylic acids is 1. The van der Waals surface area contributed by atoms with Crippen LogP contribution in [0.15, 0.2) is 24.3 Å². The molecular formula is C16H26Cl2N2O2. The first-order valence-corrected chi connectivity index (χ1v) is 7.56. The van der Waals surface area contributed by atoms with E-state index < -0.39 is 5.41 Å². The minimum Gasteiger partial charge on any atom is -0.383 e. The molecule has 1 aromatic carbocycles. The highest BCUT2D eigenvalue weighted by atomic mass is 35.5. The van der Waals surface area contributed by atoms with Crippen molar-refractivity contribution in [3.05, 3.63) is 34.9 Å². The molecule has 0 unspecified atom stereocenters. The lowest BCUT2D eigenvalue weighted by Gasteiger charge is -2.24. The van der Waals surface area contributed by atoms with Crippen molar-refractivity contribution in [1.82, 2.24) is 10.6 Å². The van der Waals surface area contributed by atoms with Gasteiger partial charge in [0.25, 0.3) is 0 Å². The number of halogens is 2. The summed E-state index contributed by atoms with van der Waals surface area (Å²) in [5.74, 6) is 0.0519. The standard InChI is InChI=1S/C16H25ClN2O2.ClH/c1-16(2,12-13-5-4-6-14(17)11-13)15(20)19-8-7-18-9-10-21-3;/h4-6,11,18H,7-10,12H2,1-3H3,(H,19,20);1H. The van der Waals surface area contributed by atoms with Gasteiger partial charge in [-0.3, -0.25) is 4.79 Å². The normalized spacial score (nSPS) is 10.9. The molecule has 1 rings (SSSR count). The third-order valence-corrected chi connectivity index (χ3v) is 3.46. The predicted octanol–water partition coefficient (Wildman–Crippen LogP) is 2.68. The van der Waals surface area contributed by atoms with Crippen LogP contribution in [-0.4, -0.2) is 39.3 Å². The molecule has 0 bridgehead atoms. The second kappa shape index (κ2) is 10.8. The van der Waals surface area contributed by atoms with Crippen molar-refractivity contribution >= 4 is 29.9 Å². The van der Waals surface area contributed by atoms with Crippen molar-refractivity contribution in [3.8, 4) is 0 Å². The minimum atomic E-state index is -0.461. The summed E-state index contributed by atoms with van der Waals surface area (Å²) in [7, 11) is 1.67. The van der Waals surface area contributed by atoms with Gasteiger partial charge in [-0.15, -0.1) is 12.4 Å². The quantitative estimate of drug-likeness (QED) is 0.674. The van der Waals surface area contributed by atoms with Gasteiger partial charge in [0, 0.05) is 37.2 Å². The Hall–Kier alpha value is -0.810. The summed E-state index contributed by atoms with van der Waals surface area (Å²) in [6, 6.07) is 7.64. The topological polar surface area (TPSA) is 50.4 Å². The number of rotatable bonds is 9. The van der Waals surface area contributed by atoms with Gasteiger partial charge in [0.1, 0.15) is 0 Å². The number of ether oxygens (including phenoxy) is 1. The molecule has 1 amide bonds. The number of benzene rings is 1. The van der Waals surface area contributed by atoms with E-state index in [9.17, 15) is 4.79 Å². The van der Waals surface area contributed by atoms with E-state index in [1.165, 1.54) is 0 Å². The van der Waals surface area contributed by atoms with Gasteiger partial charge in [0.15, 0.2) is 0 Å². The van der Waals surface area contributed by atoms with Gasteiger partial charge < -0.3 is 15.4 Å². The molecule has 2 N–H and O–H groups in total. The molecule has 22 heavy (non-hydrogen) atoms. The summed E-state index contributed by atoms with van der Waals surface area (Å²) >= 11 is 5.98. The Bertz CT molecular complexity index is 454. The van der Waals surface area contributed by atoms with E-state index in [1.54, 1.807) is 7.11 Å². The van der Waals surface area contributed by atoms with Crippen molar-refractivity contribution < 1.29 is 9.53 Å². The van der Waals surface area contributed by atoms with Gasteiger partial charge in [-0.2, -0.15) is 0 Å². The Balaban J connectivity index is 0.00000441. The van der Waals surface area contributed by atoms with Gasteiger partial charge in [-0.1, -0.05) is 37.6 Å². The maximum absolute atomic E-state index is 12.2. The second-order valence-electron chi connectivity index (χ2n) is 5.69. The van der Waals surface area contributed by atoms with Gasteiger partial charge in [-0.25, -0.2) is 0 Å². The van der Waals surface area contributed by atoms with Crippen LogP contribution in [0.1, 0.15) is 19.4 Å². The van der Waals surface area contributed by atoms with Crippen LogP contribution in [0.5, 0.6) is 0 Å². The smallest absolute Gasteiger partial charge is 0.226 e. The van der Waals surface area contributed by atoms with E-state index in [0.29, 0.717) is 24.6 Å². The molecule has 0 aromatic heterocycles. The molecule has 0 radical (unpaired) electrons. The van der Waals surface area contributed by atoms with E-state index in [4.69, 9.17) is 16.3 Å². The SMILES string of the molecule is COCCNCCNC(=O)C(C)(C)Cc1cccc(Cl)c1.Cl.